The number of hydrogen-bond acceptors (Lipinski definition) is 3. The van der Waals surface area contributed by atoms with Gasteiger partial charge in [-0.2, -0.15) is 0 Å². The van der Waals surface area contributed by atoms with Gasteiger partial charge in [-0.15, -0.1) is 0 Å². The summed E-state index contributed by atoms with van der Waals surface area (Å²) in [6.07, 6.45) is 4.53. The van der Waals surface area contributed by atoms with E-state index < -0.39 is 0 Å². The molecule has 0 aliphatic heterocycles. The lowest BCUT2D eigenvalue weighted by Crippen LogP contribution is -2.46. The van der Waals surface area contributed by atoms with E-state index >= 15 is 0 Å². The summed E-state index contributed by atoms with van der Waals surface area (Å²) in [6, 6.07) is 9.00. The molecule has 3 nitrogen and oxygen atoms in total. The van der Waals surface area contributed by atoms with Gasteiger partial charge in [0.15, 0.2) is 0 Å². The van der Waals surface area contributed by atoms with E-state index in [4.69, 9.17) is 10.6 Å². The van der Waals surface area contributed by atoms with Gasteiger partial charge in [0.2, 0.25) is 0 Å². The van der Waals surface area contributed by atoms with E-state index in [2.05, 4.69) is 36.6 Å². The maximum absolute atomic E-state index is 5.68. The maximum atomic E-state index is 5.68. The summed E-state index contributed by atoms with van der Waals surface area (Å²) in [5.74, 6) is 6.26. The summed E-state index contributed by atoms with van der Waals surface area (Å²) < 4.78 is 5.63. The zero-order valence-corrected chi connectivity index (χ0v) is 11.2. The molecular weight excluding hydrogens is 224 g/mol. The quantitative estimate of drug-likeness (QED) is 0.460. The van der Waals surface area contributed by atoms with Crippen LogP contribution in [0.3, 0.4) is 0 Å². The van der Waals surface area contributed by atoms with Gasteiger partial charge >= 0.3 is 0 Å². The summed E-state index contributed by atoms with van der Waals surface area (Å²) in [6.45, 7) is 3.67. The number of nitrogens with two attached hydrogens (primary N) is 1. The van der Waals surface area contributed by atoms with Crippen LogP contribution in [0.15, 0.2) is 24.3 Å². The molecular formula is C15H24N2O. The molecule has 1 aromatic carbocycles. The molecule has 100 valence electrons. The summed E-state index contributed by atoms with van der Waals surface area (Å²) in [5, 5.41) is 0. The van der Waals surface area contributed by atoms with Gasteiger partial charge in [0.05, 0.1) is 6.61 Å². The fourth-order valence-electron chi connectivity index (χ4n) is 2.74. The molecule has 2 unspecified atom stereocenters. The van der Waals surface area contributed by atoms with Crippen molar-refractivity contribution in [3.63, 3.8) is 0 Å². The predicted molar refractivity (Wildman–Crippen MR) is 74.2 cm³/mol. The fourth-order valence-corrected chi connectivity index (χ4v) is 2.74. The van der Waals surface area contributed by atoms with Crippen molar-refractivity contribution in [1.29, 1.82) is 0 Å². The Labute approximate surface area is 110 Å². The molecule has 0 saturated heterocycles. The van der Waals surface area contributed by atoms with Crippen LogP contribution in [0.5, 0.6) is 0 Å². The van der Waals surface area contributed by atoms with E-state index in [-0.39, 0.29) is 6.04 Å². The molecule has 0 saturated carbocycles. The second-order valence-electron chi connectivity index (χ2n) is 5.12. The number of aryl methyl sites for hydroxylation is 1. The summed E-state index contributed by atoms with van der Waals surface area (Å²) in [4.78, 5) is 0. The second kappa shape index (κ2) is 6.88. The van der Waals surface area contributed by atoms with Crippen molar-refractivity contribution in [2.24, 2.45) is 11.8 Å². The first-order chi connectivity index (χ1) is 8.85. The third-order valence-electron chi connectivity index (χ3n) is 3.81. The third kappa shape index (κ3) is 3.31. The van der Waals surface area contributed by atoms with Crippen molar-refractivity contribution in [3.05, 3.63) is 35.4 Å². The van der Waals surface area contributed by atoms with Gasteiger partial charge in [-0.25, -0.2) is 0 Å². The molecule has 1 aliphatic rings. The van der Waals surface area contributed by atoms with Crippen LogP contribution in [0.25, 0.3) is 0 Å². The number of hydrogen-bond donors (Lipinski definition) is 2. The average molecular weight is 248 g/mol. The molecule has 1 aromatic rings. The molecule has 0 spiro atoms. The zero-order valence-electron chi connectivity index (χ0n) is 11.2. The van der Waals surface area contributed by atoms with E-state index in [9.17, 15) is 0 Å². The lowest BCUT2D eigenvalue weighted by atomic mass is 9.80. The standard InChI is InChI=1S/C15H24N2O/c1-2-9-18-11-15(17-16)14-8-7-12-5-3-4-6-13(12)10-14/h3-6,14-15,17H,2,7-11,16H2,1H3. The van der Waals surface area contributed by atoms with Crippen LogP contribution in [0.4, 0.5) is 0 Å². The van der Waals surface area contributed by atoms with Gasteiger partial charge < -0.3 is 4.74 Å². The molecule has 1 aliphatic carbocycles. The van der Waals surface area contributed by atoms with Crippen LogP contribution in [0, 0.1) is 5.92 Å². The third-order valence-corrected chi connectivity index (χ3v) is 3.81. The first-order valence-corrected chi connectivity index (χ1v) is 6.95. The summed E-state index contributed by atoms with van der Waals surface area (Å²) in [5.41, 5.74) is 5.91. The molecule has 0 aromatic heterocycles. The Bertz CT molecular complexity index is 367. The molecule has 0 radical (unpaired) electrons. The van der Waals surface area contributed by atoms with E-state index in [1.54, 1.807) is 0 Å². The maximum Gasteiger partial charge on any atom is 0.0635 e. The highest BCUT2D eigenvalue weighted by Gasteiger charge is 2.25. The van der Waals surface area contributed by atoms with Gasteiger partial charge in [-0.1, -0.05) is 31.2 Å². The highest BCUT2D eigenvalue weighted by atomic mass is 16.5. The molecule has 3 heteroatoms. The molecule has 2 rings (SSSR count). The molecule has 0 fully saturated rings. The van der Waals surface area contributed by atoms with Crippen LogP contribution in [0.1, 0.15) is 30.9 Å². The minimum atomic E-state index is 0.268. The van der Waals surface area contributed by atoms with Gasteiger partial charge in [0.25, 0.3) is 0 Å². The van der Waals surface area contributed by atoms with Gasteiger partial charge in [0.1, 0.15) is 0 Å². The van der Waals surface area contributed by atoms with E-state index in [0.717, 1.165) is 32.5 Å². The minimum absolute atomic E-state index is 0.268. The topological polar surface area (TPSA) is 47.3 Å². The van der Waals surface area contributed by atoms with Crippen LogP contribution in [0.2, 0.25) is 0 Å². The van der Waals surface area contributed by atoms with Crippen molar-refractivity contribution in [2.45, 2.75) is 38.6 Å². The number of nitrogens with one attached hydrogen (secondary N) is 1. The largest absolute Gasteiger partial charge is 0.380 e. The number of fused-ring (bicyclic) bond motifs is 1. The number of benzene rings is 1. The second-order valence-corrected chi connectivity index (χ2v) is 5.12. The number of ether oxygens (including phenoxy) is 1. The van der Waals surface area contributed by atoms with Gasteiger partial charge in [-0.05, 0) is 42.7 Å². The zero-order chi connectivity index (χ0) is 12.8. The Morgan fingerprint density at radius 2 is 2.17 bits per heavy atom. The van der Waals surface area contributed by atoms with Crippen molar-refractivity contribution >= 4 is 0 Å². The molecule has 0 amide bonds. The van der Waals surface area contributed by atoms with Crippen molar-refractivity contribution < 1.29 is 4.74 Å². The van der Waals surface area contributed by atoms with Gasteiger partial charge in [0, 0.05) is 12.6 Å². The normalized spacial score (nSPS) is 20.4. The Morgan fingerprint density at radius 3 is 2.89 bits per heavy atom. The van der Waals surface area contributed by atoms with Gasteiger partial charge in [-0.3, -0.25) is 11.3 Å². The van der Waals surface area contributed by atoms with Crippen LogP contribution < -0.4 is 11.3 Å². The highest BCUT2D eigenvalue weighted by molar-refractivity contribution is 5.29. The SMILES string of the molecule is CCCOCC(NN)C1CCc2ccccc2C1. The Balaban J connectivity index is 1.93. The highest BCUT2D eigenvalue weighted by Crippen LogP contribution is 2.27. The Morgan fingerprint density at radius 1 is 1.39 bits per heavy atom. The number of rotatable bonds is 6. The van der Waals surface area contributed by atoms with Crippen LogP contribution >= 0.6 is 0 Å². The Kier molecular flexibility index (Phi) is 5.17. The first kappa shape index (κ1) is 13.5. The summed E-state index contributed by atoms with van der Waals surface area (Å²) in [7, 11) is 0. The molecule has 0 heterocycles. The van der Waals surface area contributed by atoms with E-state index in [1.807, 2.05) is 0 Å². The van der Waals surface area contributed by atoms with E-state index in [1.165, 1.54) is 17.5 Å². The minimum Gasteiger partial charge on any atom is -0.380 e. The van der Waals surface area contributed by atoms with Crippen molar-refractivity contribution in [3.8, 4) is 0 Å². The Hall–Kier alpha value is -0.900. The smallest absolute Gasteiger partial charge is 0.0635 e. The average Bonchev–Trinajstić information content (AvgIpc) is 2.43. The molecule has 2 atom stereocenters. The first-order valence-electron chi connectivity index (χ1n) is 6.95. The fraction of sp³-hybridized carbons (Fsp3) is 0.600. The lowest BCUT2D eigenvalue weighted by molar-refractivity contribution is 0.0902. The lowest BCUT2D eigenvalue weighted by Gasteiger charge is -2.31. The van der Waals surface area contributed by atoms with Crippen molar-refractivity contribution in [1.82, 2.24) is 5.43 Å². The molecule has 18 heavy (non-hydrogen) atoms. The van der Waals surface area contributed by atoms with E-state index in [0.29, 0.717) is 5.92 Å². The number of hydrazine groups is 1. The molecule has 3 N–H and O–H groups in total. The predicted octanol–water partition coefficient (Wildman–Crippen LogP) is 2.05. The van der Waals surface area contributed by atoms with Crippen LogP contribution in [-0.4, -0.2) is 19.3 Å². The van der Waals surface area contributed by atoms with Crippen LogP contribution in [-0.2, 0) is 17.6 Å². The summed E-state index contributed by atoms with van der Waals surface area (Å²) >= 11 is 0. The molecule has 0 bridgehead atoms. The monoisotopic (exact) mass is 248 g/mol. The van der Waals surface area contributed by atoms with Crippen molar-refractivity contribution in [2.75, 3.05) is 13.2 Å².